The van der Waals surface area contributed by atoms with Crippen LogP contribution in [0.2, 0.25) is 0 Å². The summed E-state index contributed by atoms with van der Waals surface area (Å²) in [5.74, 6) is 0. The predicted octanol–water partition coefficient (Wildman–Crippen LogP) is 2.33. The highest BCUT2D eigenvalue weighted by Crippen LogP contribution is 2.14. The Morgan fingerprint density at radius 3 is 1.43 bits per heavy atom. The van der Waals surface area contributed by atoms with Gasteiger partial charge in [-0.2, -0.15) is 0 Å². The number of rotatable bonds is 0. The minimum atomic E-state index is 0. The minimum absolute atomic E-state index is 0. The Kier molecular flexibility index (Phi) is 5.62. The molecule has 0 heterocycles. The largest absolute Gasteiger partial charge is 0.147 e. The van der Waals surface area contributed by atoms with Gasteiger partial charge in [-0.3, -0.25) is 0 Å². The van der Waals surface area contributed by atoms with Gasteiger partial charge in [-0.1, -0.05) is 20.8 Å². The summed E-state index contributed by atoms with van der Waals surface area (Å²) in [6, 6.07) is 0. The van der Waals surface area contributed by atoms with Gasteiger partial charge in [-0.25, -0.2) is 0 Å². The van der Waals surface area contributed by atoms with Crippen LogP contribution in [-0.2, 0) is 0 Å². The third-order valence-electron chi connectivity index (χ3n) is 0.612. The lowest BCUT2D eigenvalue weighted by Gasteiger charge is -2.12. The van der Waals surface area contributed by atoms with Crippen molar-refractivity contribution in [1.82, 2.24) is 0 Å². The summed E-state index contributed by atoms with van der Waals surface area (Å²) in [4.78, 5) is 0. The Bertz CT molecular complexity index is 37.8. The highest BCUT2D eigenvalue weighted by molar-refractivity contribution is 7.16. The zero-order valence-electron chi connectivity index (χ0n) is 5.19. The molecule has 0 N–H and O–H groups in total. The zero-order chi connectivity index (χ0) is 5.21. The first-order valence-corrected chi connectivity index (χ1v) is 3.08. The van der Waals surface area contributed by atoms with Gasteiger partial charge in [0.25, 0.3) is 0 Å². The van der Waals surface area contributed by atoms with Crippen molar-refractivity contribution in [3.8, 4) is 0 Å². The molecule has 0 aliphatic carbocycles. The molecular formula is C5H14ClP. The van der Waals surface area contributed by atoms with Crippen LogP contribution in [0.25, 0.3) is 0 Å². The first-order chi connectivity index (χ1) is 2.56. The molecule has 46 valence electrons. The highest BCUT2D eigenvalue weighted by Gasteiger charge is 2.03. The topological polar surface area (TPSA) is 0 Å². The van der Waals surface area contributed by atoms with E-state index in [1.807, 2.05) is 0 Å². The molecular weight excluding hydrogens is 126 g/mol. The van der Waals surface area contributed by atoms with Gasteiger partial charge < -0.3 is 0 Å². The van der Waals surface area contributed by atoms with Crippen molar-refractivity contribution in [2.24, 2.45) is 5.41 Å². The SMILES string of the molecule is CC(C)(C)CP.Cl. The Hall–Kier alpha value is 0.720. The van der Waals surface area contributed by atoms with Gasteiger partial charge in [0.1, 0.15) is 0 Å². The molecule has 0 amide bonds. The first-order valence-electron chi connectivity index (χ1n) is 2.26. The predicted molar refractivity (Wildman–Crippen MR) is 41.3 cm³/mol. The molecule has 7 heavy (non-hydrogen) atoms. The van der Waals surface area contributed by atoms with Gasteiger partial charge in [-0.15, -0.1) is 21.6 Å². The Morgan fingerprint density at radius 1 is 1.29 bits per heavy atom. The van der Waals surface area contributed by atoms with E-state index in [9.17, 15) is 0 Å². The molecule has 2 heteroatoms. The molecule has 0 saturated carbocycles. The normalized spacial score (nSPS) is 10.3. The molecule has 1 unspecified atom stereocenters. The molecule has 0 aromatic rings. The van der Waals surface area contributed by atoms with E-state index in [0.29, 0.717) is 5.41 Å². The second kappa shape index (κ2) is 3.69. The lowest BCUT2D eigenvalue weighted by Crippen LogP contribution is -2.04. The van der Waals surface area contributed by atoms with Gasteiger partial charge >= 0.3 is 0 Å². The standard InChI is InChI=1S/C5H13P.ClH/c1-5(2,3)4-6;/h4,6H2,1-3H3;1H. The van der Waals surface area contributed by atoms with Crippen molar-refractivity contribution in [2.75, 3.05) is 6.16 Å². The van der Waals surface area contributed by atoms with Crippen LogP contribution in [0.5, 0.6) is 0 Å². The summed E-state index contributed by atoms with van der Waals surface area (Å²) < 4.78 is 0. The third kappa shape index (κ3) is 10.8. The monoisotopic (exact) mass is 140 g/mol. The fourth-order valence-corrected chi connectivity index (χ4v) is 0. The summed E-state index contributed by atoms with van der Waals surface area (Å²) in [5.41, 5.74) is 0.505. The van der Waals surface area contributed by atoms with Gasteiger partial charge in [0, 0.05) is 0 Å². The van der Waals surface area contributed by atoms with E-state index in [1.54, 1.807) is 0 Å². The zero-order valence-corrected chi connectivity index (χ0v) is 7.16. The number of hydrogen-bond donors (Lipinski definition) is 0. The summed E-state index contributed by atoms with van der Waals surface area (Å²) in [6.07, 6.45) is 1.19. The number of halogens is 1. The molecule has 0 bridgehead atoms. The van der Waals surface area contributed by atoms with Gasteiger partial charge in [-0.05, 0) is 11.6 Å². The molecule has 0 saturated heterocycles. The van der Waals surface area contributed by atoms with Crippen molar-refractivity contribution in [3.63, 3.8) is 0 Å². The average molecular weight is 141 g/mol. The van der Waals surface area contributed by atoms with Crippen LogP contribution in [0.3, 0.4) is 0 Å². The van der Waals surface area contributed by atoms with Crippen molar-refractivity contribution >= 4 is 21.6 Å². The van der Waals surface area contributed by atoms with Crippen molar-refractivity contribution in [1.29, 1.82) is 0 Å². The van der Waals surface area contributed by atoms with E-state index in [4.69, 9.17) is 0 Å². The Labute approximate surface area is 54.7 Å². The molecule has 0 aromatic carbocycles. The first kappa shape index (κ1) is 10.7. The van der Waals surface area contributed by atoms with Crippen LogP contribution < -0.4 is 0 Å². The molecule has 0 aromatic heterocycles. The van der Waals surface area contributed by atoms with Crippen molar-refractivity contribution in [2.45, 2.75) is 20.8 Å². The van der Waals surface area contributed by atoms with E-state index in [-0.39, 0.29) is 12.4 Å². The van der Waals surface area contributed by atoms with Gasteiger partial charge in [0.2, 0.25) is 0 Å². The Balaban J connectivity index is 0. The minimum Gasteiger partial charge on any atom is -0.147 e. The fourth-order valence-electron chi connectivity index (χ4n) is 0. The maximum atomic E-state index is 2.72. The van der Waals surface area contributed by atoms with Crippen LogP contribution in [0.15, 0.2) is 0 Å². The summed E-state index contributed by atoms with van der Waals surface area (Å²) in [6.45, 7) is 6.67. The second-order valence-electron chi connectivity index (χ2n) is 2.76. The van der Waals surface area contributed by atoms with E-state index < -0.39 is 0 Å². The fraction of sp³-hybridized carbons (Fsp3) is 1.00. The van der Waals surface area contributed by atoms with Crippen LogP contribution in [0.1, 0.15) is 20.8 Å². The lowest BCUT2D eigenvalue weighted by molar-refractivity contribution is 0.480. The molecule has 0 radical (unpaired) electrons. The molecule has 0 aliphatic rings. The second-order valence-corrected chi connectivity index (χ2v) is 3.17. The molecule has 0 aliphatic heterocycles. The van der Waals surface area contributed by atoms with Crippen LogP contribution in [0.4, 0.5) is 0 Å². The van der Waals surface area contributed by atoms with E-state index in [1.165, 1.54) is 6.16 Å². The lowest BCUT2D eigenvalue weighted by atomic mass is 10.0. The molecule has 1 atom stereocenters. The third-order valence-corrected chi connectivity index (χ3v) is 1.84. The average Bonchev–Trinajstić information content (AvgIpc) is 1.35. The summed E-state index contributed by atoms with van der Waals surface area (Å²) >= 11 is 0. The van der Waals surface area contributed by atoms with Crippen LogP contribution in [0, 0.1) is 5.41 Å². The smallest absolute Gasteiger partial charge is 0.0332 e. The quantitative estimate of drug-likeness (QED) is 0.453. The van der Waals surface area contributed by atoms with E-state index >= 15 is 0 Å². The van der Waals surface area contributed by atoms with Crippen LogP contribution >= 0.6 is 21.6 Å². The summed E-state index contributed by atoms with van der Waals surface area (Å²) in [5, 5.41) is 0. The van der Waals surface area contributed by atoms with E-state index in [0.717, 1.165) is 0 Å². The highest BCUT2D eigenvalue weighted by atomic mass is 35.5. The molecule has 0 rings (SSSR count). The van der Waals surface area contributed by atoms with E-state index in [2.05, 4.69) is 30.0 Å². The number of hydrogen-bond acceptors (Lipinski definition) is 0. The van der Waals surface area contributed by atoms with Crippen molar-refractivity contribution < 1.29 is 0 Å². The Morgan fingerprint density at radius 2 is 1.43 bits per heavy atom. The van der Waals surface area contributed by atoms with Crippen LogP contribution in [-0.4, -0.2) is 6.16 Å². The summed E-state index contributed by atoms with van der Waals surface area (Å²) in [7, 11) is 2.72. The molecule has 0 nitrogen and oxygen atoms in total. The molecule has 0 spiro atoms. The van der Waals surface area contributed by atoms with Gasteiger partial charge in [0.05, 0.1) is 0 Å². The van der Waals surface area contributed by atoms with Crippen molar-refractivity contribution in [3.05, 3.63) is 0 Å². The maximum Gasteiger partial charge on any atom is -0.0332 e. The molecule has 0 fully saturated rings. The maximum absolute atomic E-state index is 2.72. The van der Waals surface area contributed by atoms with Gasteiger partial charge in [0.15, 0.2) is 0 Å².